The second kappa shape index (κ2) is 6.53. The SMILES string of the molecule is O=S(=O)(NCc1ccc(B(O)O)cc1)c1ccc(F)cc1F. The number of nitrogens with one attached hydrogen (secondary N) is 1. The number of hydrogen-bond acceptors (Lipinski definition) is 4. The average molecular weight is 327 g/mol. The van der Waals surface area contributed by atoms with Crippen molar-refractivity contribution in [1.29, 1.82) is 0 Å². The van der Waals surface area contributed by atoms with E-state index >= 15 is 0 Å². The fourth-order valence-corrected chi connectivity index (χ4v) is 2.83. The second-order valence-corrected chi connectivity index (χ2v) is 6.25. The van der Waals surface area contributed by atoms with Gasteiger partial charge in [0.2, 0.25) is 10.0 Å². The zero-order chi connectivity index (χ0) is 16.3. The molecule has 0 aliphatic rings. The Morgan fingerprint density at radius 2 is 1.68 bits per heavy atom. The van der Waals surface area contributed by atoms with Crippen LogP contribution in [0.3, 0.4) is 0 Å². The Morgan fingerprint density at radius 3 is 2.23 bits per heavy atom. The van der Waals surface area contributed by atoms with E-state index in [2.05, 4.69) is 4.72 Å². The first-order valence-corrected chi connectivity index (χ1v) is 7.67. The molecule has 0 radical (unpaired) electrons. The molecule has 0 aliphatic heterocycles. The second-order valence-electron chi connectivity index (χ2n) is 4.51. The molecule has 0 aromatic heterocycles. The summed E-state index contributed by atoms with van der Waals surface area (Å²) >= 11 is 0. The van der Waals surface area contributed by atoms with E-state index < -0.39 is 33.7 Å². The van der Waals surface area contributed by atoms with Gasteiger partial charge in [-0.05, 0) is 23.2 Å². The molecule has 0 aliphatic carbocycles. The number of sulfonamides is 1. The van der Waals surface area contributed by atoms with Gasteiger partial charge >= 0.3 is 7.12 Å². The van der Waals surface area contributed by atoms with Crippen molar-refractivity contribution in [3.05, 3.63) is 59.7 Å². The summed E-state index contributed by atoms with van der Waals surface area (Å²) in [5, 5.41) is 17.9. The van der Waals surface area contributed by atoms with Crippen LogP contribution in [0.2, 0.25) is 0 Å². The molecule has 22 heavy (non-hydrogen) atoms. The van der Waals surface area contributed by atoms with Gasteiger partial charge in [-0.1, -0.05) is 24.3 Å². The lowest BCUT2D eigenvalue weighted by Gasteiger charge is -2.08. The highest BCUT2D eigenvalue weighted by Gasteiger charge is 2.19. The summed E-state index contributed by atoms with van der Waals surface area (Å²) in [6.07, 6.45) is 0. The lowest BCUT2D eigenvalue weighted by atomic mass is 9.80. The molecule has 3 N–H and O–H groups in total. The molecule has 0 heterocycles. The smallest absolute Gasteiger partial charge is 0.423 e. The van der Waals surface area contributed by atoms with Crippen molar-refractivity contribution < 1.29 is 27.2 Å². The average Bonchev–Trinajstić information content (AvgIpc) is 2.45. The minimum Gasteiger partial charge on any atom is -0.423 e. The van der Waals surface area contributed by atoms with Gasteiger partial charge in [-0.3, -0.25) is 0 Å². The molecule has 0 saturated carbocycles. The maximum atomic E-state index is 13.5. The number of benzene rings is 2. The van der Waals surface area contributed by atoms with Gasteiger partial charge in [-0.25, -0.2) is 21.9 Å². The molecule has 0 saturated heterocycles. The maximum Gasteiger partial charge on any atom is 0.488 e. The molecule has 2 aromatic carbocycles. The van der Waals surface area contributed by atoms with E-state index in [9.17, 15) is 17.2 Å². The molecule has 0 unspecified atom stereocenters. The Balaban J connectivity index is 2.12. The van der Waals surface area contributed by atoms with E-state index in [1.54, 1.807) is 0 Å². The van der Waals surface area contributed by atoms with Crippen molar-refractivity contribution in [3.8, 4) is 0 Å². The lowest BCUT2D eigenvalue weighted by molar-refractivity contribution is 0.425. The van der Waals surface area contributed by atoms with E-state index in [4.69, 9.17) is 10.0 Å². The van der Waals surface area contributed by atoms with Crippen LogP contribution in [0.4, 0.5) is 8.78 Å². The van der Waals surface area contributed by atoms with Gasteiger partial charge < -0.3 is 10.0 Å². The van der Waals surface area contributed by atoms with Gasteiger partial charge in [0.15, 0.2) is 0 Å². The van der Waals surface area contributed by atoms with Gasteiger partial charge in [-0.2, -0.15) is 0 Å². The first-order chi connectivity index (χ1) is 10.3. The van der Waals surface area contributed by atoms with E-state index in [1.807, 2.05) is 0 Å². The molecule has 0 amide bonds. The molecule has 116 valence electrons. The molecular formula is C13H12BF2NO4S. The van der Waals surface area contributed by atoms with Gasteiger partial charge in [0.1, 0.15) is 16.5 Å². The van der Waals surface area contributed by atoms with Crippen molar-refractivity contribution in [2.75, 3.05) is 0 Å². The summed E-state index contributed by atoms with van der Waals surface area (Å²) in [5.41, 5.74) is 0.798. The number of hydrogen-bond donors (Lipinski definition) is 3. The topological polar surface area (TPSA) is 86.6 Å². The van der Waals surface area contributed by atoms with Gasteiger partial charge in [-0.15, -0.1) is 0 Å². The first kappa shape index (κ1) is 16.6. The van der Waals surface area contributed by atoms with E-state index in [0.717, 1.165) is 12.1 Å². The molecular weight excluding hydrogens is 315 g/mol. The zero-order valence-electron chi connectivity index (χ0n) is 11.2. The maximum absolute atomic E-state index is 13.5. The van der Waals surface area contributed by atoms with Crippen molar-refractivity contribution in [2.24, 2.45) is 0 Å². The van der Waals surface area contributed by atoms with E-state index in [0.29, 0.717) is 11.6 Å². The minimum absolute atomic E-state index is 0.124. The van der Waals surface area contributed by atoms with E-state index in [1.165, 1.54) is 24.3 Å². The summed E-state index contributed by atoms with van der Waals surface area (Å²) in [6.45, 7) is -0.124. The quantitative estimate of drug-likeness (QED) is 0.681. The Morgan fingerprint density at radius 1 is 1.05 bits per heavy atom. The highest BCUT2D eigenvalue weighted by atomic mass is 32.2. The van der Waals surface area contributed by atoms with Gasteiger partial charge in [0.05, 0.1) is 0 Å². The molecule has 5 nitrogen and oxygen atoms in total. The van der Waals surface area contributed by atoms with Gasteiger partial charge in [0, 0.05) is 12.6 Å². The summed E-state index contributed by atoms with van der Waals surface area (Å²) in [6, 6.07) is 8.04. The van der Waals surface area contributed by atoms with Gasteiger partial charge in [0.25, 0.3) is 0 Å². The summed E-state index contributed by atoms with van der Waals surface area (Å²) < 4.78 is 52.4. The molecule has 0 spiro atoms. The van der Waals surface area contributed by atoms with E-state index in [-0.39, 0.29) is 12.0 Å². The lowest BCUT2D eigenvalue weighted by Crippen LogP contribution is -2.30. The predicted molar refractivity (Wildman–Crippen MR) is 76.7 cm³/mol. The van der Waals surface area contributed by atoms with Crippen molar-refractivity contribution in [2.45, 2.75) is 11.4 Å². The predicted octanol–water partition coefficient (Wildman–Crippen LogP) is 0.123. The van der Waals surface area contributed by atoms with Crippen molar-refractivity contribution >= 4 is 22.6 Å². The molecule has 2 aromatic rings. The largest absolute Gasteiger partial charge is 0.488 e. The summed E-state index contributed by atoms with van der Waals surface area (Å²) in [7, 11) is -5.73. The third-order valence-electron chi connectivity index (χ3n) is 2.93. The molecule has 2 rings (SSSR count). The van der Waals surface area contributed by atoms with Crippen LogP contribution in [0.1, 0.15) is 5.56 Å². The fourth-order valence-electron chi connectivity index (χ4n) is 1.76. The summed E-state index contributed by atoms with van der Waals surface area (Å²) in [5.74, 6) is -2.04. The summed E-state index contributed by atoms with van der Waals surface area (Å²) in [4.78, 5) is -0.642. The van der Waals surface area contributed by atoms with Crippen LogP contribution in [-0.2, 0) is 16.6 Å². The minimum atomic E-state index is -4.12. The first-order valence-electron chi connectivity index (χ1n) is 6.19. The Bertz CT molecular complexity index is 766. The van der Waals surface area contributed by atoms with Crippen LogP contribution in [0.25, 0.3) is 0 Å². The van der Waals surface area contributed by atoms with Crippen LogP contribution in [0, 0.1) is 11.6 Å². The zero-order valence-corrected chi connectivity index (χ0v) is 12.0. The molecule has 0 atom stereocenters. The van der Waals surface area contributed by atoms with Crippen molar-refractivity contribution in [1.82, 2.24) is 4.72 Å². The molecule has 9 heteroatoms. The monoisotopic (exact) mass is 327 g/mol. The van der Waals surface area contributed by atoms with Crippen LogP contribution >= 0.6 is 0 Å². The van der Waals surface area contributed by atoms with Crippen LogP contribution < -0.4 is 10.2 Å². The third kappa shape index (κ3) is 3.89. The van der Waals surface area contributed by atoms with Crippen molar-refractivity contribution in [3.63, 3.8) is 0 Å². The number of rotatable bonds is 5. The Kier molecular flexibility index (Phi) is 4.92. The standard InChI is InChI=1S/C13H12BF2NO4S/c15-11-5-6-13(12(16)7-11)22(20,21)17-8-9-1-3-10(4-2-9)14(18)19/h1-7,17-19H,8H2. The highest BCUT2D eigenvalue weighted by Crippen LogP contribution is 2.15. The fraction of sp³-hybridized carbons (Fsp3) is 0.0769. The van der Waals surface area contributed by atoms with Crippen LogP contribution in [0.5, 0.6) is 0 Å². The highest BCUT2D eigenvalue weighted by molar-refractivity contribution is 7.89. The van der Waals surface area contributed by atoms with Crippen LogP contribution in [0.15, 0.2) is 47.4 Å². The molecule has 0 bridgehead atoms. The number of halogens is 2. The molecule has 0 fully saturated rings. The Hall–Kier alpha value is -1.81. The Labute approximate surface area is 126 Å². The normalized spacial score (nSPS) is 11.5. The van der Waals surface area contributed by atoms with Crippen LogP contribution in [-0.4, -0.2) is 25.6 Å². The third-order valence-corrected chi connectivity index (χ3v) is 4.36.